The van der Waals surface area contributed by atoms with Gasteiger partial charge >= 0.3 is 0 Å². The molecule has 0 aliphatic rings. The van der Waals surface area contributed by atoms with Crippen molar-refractivity contribution in [1.29, 1.82) is 0 Å². The van der Waals surface area contributed by atoms with Crippen molar-refractivity contribution in [3.63, 3.8) is 0 Å². The highest BCUT2D eigenvalue weighted by Gasteiger charge is 2.11. The van der Waals surface area contributed by atoms with Crippen LogP contribution in [0.4, 0.5) is 17.2 Å². The molecule has 7 heteroatoms. The van der Waals surface area contributed by atoms with E-state index < -0.39 is 11.0 Å². The van der Waals surface area contributed by atoms with Crippen molar-refractivity contribution in [3.05, 3.63) is 103 Å². The number of nitrogens with one attached hydrogen (secondary N) is 2. The number of fused-ring (bicyclic) bond motifs is 1. The van der Waals surface area contributed by atoms with Gasteiger partial charge in [0.25, 0.3) is 0 Å². The van der Waals surface area contributed by atoms with Crippen LogP contribution in [0.25, 0.3) is 16.9 Å². The second-order valence-corrected chi connectivity index (χ2v) is 8.55. The third-order valence-corrected chi connectivity index (χ3v) is 6.16. The molecule has 0 aliphatic carbocycles. The maximum Gasteiger partial charge on any atom is 0.160 e. The van der Waals surface area contributed by atoms with Gasteiger partial charge in [0.15, 0.2) is 5.65 Å². The summed E-state index contributed by atoms with van der Waals surface area (Å²) < 4.78 is 17.4. The van der Waals surface area contributed by atoms with Crippen molar-refractivity contribution in [1.82, 2.24) is 14.6 Å². The van der Waals surface area contributed by atoms with Crippen LogP contribution in [0.2, 0.25) is 0 Å². The molecule has 0 fully saturated rings. The normalized spacial score (nSPS) is 11.9. The second-order valence-electron chi connectivity index (χ2n) is 7.34. The van der Waals surface area contributed by atoms with Crippen LogP contribution in [0, 0.1) is 6.92 Å². The van der Waals surface area contributed by atoms with Gasteiger partial charge in [-0.25, -0.2) is 9.19 Å². The Morgan fingerprint density at radius 2 is 1.53 bits per heavy atom. The van der Waals surface area contributed by atoms with Crippen molar-refractivity contribution < 1.29 is 4.21 Å². The minimum Gasteiger partial charge on any atom is -0.340 e. The van der Waals surface area contributed by atoms with Gasteiger partial charge in [-0.3, -0.25) is 0 Å². The quantitative estimate of drug-likeness (QED) is 0.362. The lowest BCUT2D eigenvalue weighted by Gasteiger charge is -2.12. The van der Waals surface area contributed by atoms with E-state index in [1.165, 1.54) is 0 Å². The zero-order valence-corrected chi connectivity index (χ0v) is 18.2. The summed E-state index contributed by atoms with van der Waals surface area (Å²) in [6, 6.07) is 29.1. The zero-order chi connectivity index (χ0) is 21.9. The fourth-order valence-electron chi connectivity index (χ4n) is 3.40. The molecule has 0 saturated heterocycles. The lowest BCUT2D eigenvalue weighted by molar-refractivity contribution is 0.686. The molecule has 5 aromatic rings. The summed E-state index contributed by atoms with van der Waals surface area (Å²) >= 11 is 0. The Labute approximate surface area is 188 Å². The highest BCUT2D eigenvalue weighted by Crippen LogP contribution is 2.26. The van der Waals surface area contributed by atoms with Gasteiger partial charge in [-0.05, 0) is 43.3 Å². The van der Waals surface area contributed by atoms with Gasteiger partial charge in [0, 0.05) is 28.6 Å². The number of nitrogens with zero attached hydrogens (tertiary/aromatic N) is 3. The van der Waals surface area contributed by atoms with Gasteiger partial charge in [-0.1, -0.05) is 48.5 Å². The lowest BCUT2D eigenvalue weighted by atomic mass is 10.1. The van der Waals surface area contributed by atoms with E-state index >= 15 is 0 Å². The van der Waals surface area contributed by atoms with Gasteiger partial charge in [0.1, 0.15) is 16.8 Å². The number of aryl methyl sites for hydroxylation is 1. The van der Waals surface area contributed by atoms with E-state index in [1.807, 2.05) is 104 Å². The van der Waals surface area contributed by atoms with Crippen LogP contribution in [0.3, 0.4) is 0 Å². The van der Waals surface area contributed by atoms with E-state index in [2.05, 4.69) is 15.1 Å². The van der Waals surface area contributed by atoms with Gasteiger partial charge in [-0.2, -0.15) is 9.61 Å². The third kappa shape index (κ3) is 4.10. The van der Waals surface area contributed by atoms with Gasteiger partial charge in [0.05, 0.1) is 16.8 Å². The first kappa shape index (κ1) is 20.0. The first-order chi connectivity index (χ1) is 15.7. The van der Waals surface area contributed by atoms with E-state index in [1.54, 1.807) is 4.52 Å². The molecular weight excluding hydrogens is 418 g/mol. The summed E-state index contributed by atoms with van der Waals surface area (Å²) in [5.74, 6) is 0.804. The molecule has 0 spiro atoms. The zero-order valence-electron chi connectivity index (χ0n) is 17.4. The Morgan fingerprint density at radius 3 is 2.25 bits per heavy atom. The minimum absolute atomic E-state index is 0.694. The van der Waals surface area contributed by atoms with E-state index in [9.17, 15) is 4.21 Å². The number of aromatic nitrogens is 3. The van der Waals surface area contributed by atoms with Crippen LogP contribution in [0.1, 0.15) is 5.56 Å². The third-order valence-electron chi connectivity index (χ3n) is 5.04. The molecule has 158 valence electrons. The molecule has 2 N–H and O–H groups in total. The van der Waals surface area contributed by atoms with E-state index in [0.717, 1.165) is 39.7 Å². The predicted octanol–water partition coefficient (Wildman–Crippen LogP) is 5.58. The molecule has 6 nitrogen and oxygen atoms in total. The molecule has 3 aromatic carbocycles. The average molecular weight is 440 g/mol. The smallest absolute Gasteiger partial charge is 0.160 e. The second kappa shape index (κ2) is 8.64. The van der Waals surface area contributed by atoms with Crippen LogP contribution >= 0.6 is 0 Å². The number of para-hydroxylation sites is 1. The van der Waals surface area contributed by atoms with Crippen molar-refractivity contribution in [2.24, 2.45) is 0 Å². The van der Waals surface area contributed by atoms with Gasteiger partial charge < -0.3 is 10.0 Å². The molecule has 2 aromatic heterocycles. The van der Waals surface area contributed by atoms with Gasteiger partial charge in [0.2, 0.25) is 0 Å². The number of anilines is 3. The Kier molecular flexibility index (Phi) is 5.39. The summed E-state index contributed by atoms with van der Waals surface area (Å²) in [6.07, 6.45) is 1.81. The molecule has 1 unspecified atom stereocenters. The lowest BCUT2D eigenvalue weighted by Crippen LogP contribution is -2.05. The number of hydrogen-bond donors (Lipinski definition) is 2. The van der Waals surface area contributed by atoms with Crippen molar-refractivity contribution in [3.8, 4) is 11.3 Å². The topological polar surface area (TPSA) is 71.3 Å². The van der Waals surface area contributed by atoms with Gasteiger partial charge in [-0.15, -0.1) is 0 Å². The van der Waals surface area contributed by atoms with Crippen molar-refractivity contribution in [2.75, 3.05) is 10.0 Å². The first-order valence-electron chi connectivity index (χ1n) is 10.2. The summed E-state index contributed by atoms with van der Waals surface area (Å²) in [5, 5.41) is 7.90. The SMILES string of the molecule is Cc1cnn2c(Nc3ccc(S(=O)Nc4ccccc4)cc3)cc(-c3ccccc3)nc12. The van der Waals surface area contributed by atoms with Crippen LogP contribution < -0.4 is 10.0 Å². The highest BCUT2D eigenvalue weighted by molar-refractivity contribution is 7.86. The molecule has 5 rings (SSSR count). The van der Waals surface area contributed by atoms with Crippen LogP contribution in [-0.2, 0) is 11.0 Å². The number of hydrogen-bond acceptors (Lipinski definition) is 4. The largest absolute Gasteiger partial charge is 0.340 e. The molecule has 0 bridgehead atoms. The number of benzene rings is 3. The summed E-state index contributed by atoms with van der Waals surface area (Å²) in [6.45, 7) is 2.00. The Bertz CT molecular complexity index is 1380. The molecule has 1 atom stereocenters. The molecule has 32 heavy (non-hydrogen) atoms. The maximum atomic E-state index is 12.6. The predicted molar refractivity (Wildman–Crippen MR) is 129 cm³/mol. The molecule has 2 heterocycles. The molecule has 0 amide bonds. The van der Waals surface area contributed by atoms with E-state index in [-0.39, 0.29) is 0 Å². The average Bonchev–Trinajstić information content (AvgIpc) is 3.22. The fraction of sp³-hybridized carbons (Fsp3) is 0.0400. The molecule has 0 aliphatic heterocycles. The minimum atomic E-state index is -1.34. The monoisotopic (exact) mass is 439 g/mol. The molecule has 0 radical (unpaired) electrons. The van der Waals surface area contributed by atoms with Crippen LogP contribution in [0.5, 0.6) is 0 Å². The highest BCUT2D eigenvalue weighted by atomic mass is 32.2. The van der Waals surface area contributed by atoms with E-state index in [4.69, 9.17) is 4.98 Å². The van der Waals surface area contributed by atoms with Crippen LogP contribution in [-0.4, -0.2) is 18.8 Å². The Balaban J connectivity index is 1.42. The van der Waals surface area contributed by atoms with Crippen molar-refractivity contribution in [2.45, 2.75) is 11.8 Å². The van der Waals surface area contributed by atoms with E-state index in [0.29, 0.717) is 4.90 Å². The van der Waals surface area contributed by atoms with Crippen LogP contribution in [0.15, 0.2) is 102 Å². The molecule has 0 saturated carbocycles. The standard InChI is InChI=1S/C25H21N5OS/c1-18-17-26-30-24(16-23(28-25(18)30)19-8-4-2-5-9-19)27-20-12-14-22(15-13-20)32(31)29-21-10-6-3-7-11-21/h2-17,27,29H,1H3. The Morgan fingerprint density at radius 1 is 0.844 bits per heavy atom. The Hall–Kier alpha value is -3.97. The summed E-state index contributed by atoms with van der Waals surface area (Å²) in [7, 11) is -1.34. The maximum absolute atomic E-state index is 12.6. The fourth-order valence-corrected chi connectivity index (χ4v) is 4.25. The summed E-state index contributed by atoms with van der Waals surface area (Å²) in [4.78, 5) is 5.49. The molecular formula is C25H21N5OS. The first-order valence-corrected chi connectivity index (χ1v) is 11.3. The van der Waals surface area contributed by atoms with Crippen molar-refractivity contribution >= 4 is 33.8 Å². The number of rotatable bonds is 6. The summed E-state index contributed by atoms with van der Waals surface area (Å²) in [5.41, 5.74) is 5.40.